The fourth-order valence-electron chi connectivity index (χ4n) is 3.71. The Morgan fingerprint density at radius 3 is 2.68 bits per heavy atom. The number of benzene rings is 2. The van der Waals surface area contributed by atoms with Gasteiger partial charge >= 0.3 is 0 Å². The Morgan fingerprint density at radius 1 is 1.06 bits per heavy atom. The van der Waals surface area contributed by atoms with Crippen LogP contribution in [0.3, 0.4) is 0 Å². The van der Waals surface area contributed by atoms with E-state index in [2.05, 4.69) is 20.6 Å². The molecule has 8 nitrogen and oxygen atoms in total. The number of fused-ring (bicyclic) bond motifs is 3. The summed E-state index contributed by atoms with van der Waals surface area (Å²) in [5.74, 6) is 1.95. The van der Waals surface area contributed by atoms with E-state index in [-0.39, 0.29) is 5.91 Å². The van der Waals surface area contributed by atoms with Crippen LogP contribution in [0.25, 0.3) is 22.7 Å². The number of amides is 1. The highest BCUT2D eigenvalue weighted by Crippen LogP contribution is 2.39. The highest BCUT2D eigenvalue weighted by molar-refractivity contribution is 6.37. The van der Waals surface area contributed by atoms with Crippen molar-refractivity contribution in [1.82, 2.24) is 15.0 Å². The van der Waals surface area contributed by atoms with Crippen molar-refractivity contribution >= 4 is 40.2 Å². The van der Waals surface area contributed by atoms with Crippen molar-refractivity contribution in [1.29, 1.82) is 0 Å². The zero-order valence-electron chi connectivity index (χ0n) is 17.1. The lowest BCUT2D eigenvalue weighted by molar-refractivity contribution is -0.110. The van der Waals surface area contributed by atoms with E-state index in [1.165, 1.54) is 0 Å². The van der Waals surface area contributed by atoms with Gasteiger partial charge in [0.15, 0.2) is 0 Å². The third-order valence-electron chi connectivity index (χ3n) is 5.28. The fourth-order valence-corrected chi connectivity index (χ4v) is 3.71. The number of hydrogen-bond donors (Lipinski definition) is 4. The molecule has 2 aromatic heterocycles. The van der Waals surface area contributed by atoms with Crippen LogP contribution in [0.1, 0.15) is 16.8 Å². The van der Waals surface area contributed by atoms with Gasteiger partial charge in [-0.15, -0.1) is 0 Å². The first-order valence-corrected chi connectivity index (χ1v) is 9.80. The van der Waals surface area contributed by atoms with Crippen LogP contribution in [0.15, 0.2) is 48.7 Å². The van der Waals surface area contributed by atoms with Gasteiger partial charge < -0.3 is 30.1 Å². The normalized spacial score (nSPS) is 14.0. The van der Waals surface area contributed by atoms with Crippen molar-refractivity contribution in [2.24, 2.45) is 0 Å². The number of imidazole rings is 1. The maximum Gasteiger partial charge on any atom is 0.256 e. The van der Waals surface area contributed by atoms with Crippen LogP contribution in [-0.2, 0) is 11.3 Å². The monoisotopic (exact) mass is 415 g/mol. The quantitative estimate of drug-likeness (QED) is 0.356. The fraction of sp³-hybridized carbons (Fsp3) is 0.130. The largest absolute Gasteiger partial charge is 0.497 e. The van der Waals surface area contributed by atoms with Crippen LogP contribution in [0.4, 0.5) is 11.6 Å². The van der Waals surface area contributed by atoms with E-state index >= 15 is 0 Å². The molecule has 0 bridgehead atoms. The molecule has 1 aliphatic rings. The second kappa shape index (κ2) is 7.56. The average Bonchev–Trinajstić information content (AvgIpc) is 3.49. The number of carbonyl (C=O) groups excluding carboxylic acids is 1. The lowest BCUT2D eigenvalue weighted by atomic mass is 10.0. The molecule has 3 heterocycles. The summed E-state index contributed by atoms with van der Waals surface area (Å²) >= 11 is 0. The lowest BCUT2D eigenvalue weighted by Gasteiger charge is -2.04. The summed E-state index contributed by atoms with van der Waals surface area (Å²) in [6.45, 7) is 0.603. The predicted molar refractivity (Wildman–Crippen MR) is 120 cm³/mol. The van der Waals surface area contributed by atoms with Crippen LogP contribution in [0, 0.1) is 0 Å². The Bertz CT molecular complexity index is 1300. The van der Waals surface area contributed by atoms with Gasteiger partial charge in [0, 0.05) is 18.3 Å². The van der Waals surface area contributed by atoms with Gasteiger partial charge in [0.05, 0.1) is 36.7 Å². The van der Waals surface area contributed by atoms with Gasteiger partial charge in [-0.1, -0.05) is 12.1 Å². The molecule has 0 fully saturated rings. The zero-order chi connectivity index (χ0) is 21.4. The SMILES string of the molecule is COc1ccc(CNc2nc3c4c(ccc3[nH]2)NC(=O)C4=Cc2[nH]ccc2OC)cc1. The molecule has 4 aromatic rings. The van der Waals surface area contributed by atoms with Crippen LogP contribution in [0.2, 0.25) is 0 Å². The molecule has 2 aromatic carbocycles. The van der Waals surface area contributed by atoms with Crippen molar-refractivity contribution in [2.45, 2.75) is 6.54 Å². The predicted octanol–water partition coefficient (Wildman–Crippen LogP) is 4.01. The molecule has 0 saturated heterocycles. The van der Waals surface area contributed by atoms with Gasteiger partial charge in [0.2, 0.25) is 5.95 Å². The standard InChI is InChI=1S/C23H21N5O3/c1-30-14-5-3-13(4-6-14)12-25-23-27-17-8-7-16-20(21(17)28-23)15(22(29)26-16)11-18-19(31-2)9-10-24-18/h3-11,24H,12H2,1-2H3,(H,26,29)(H2,25,27,28). The molecule has 156 valence electrons. The van der Waals surface area contributed by atoms with E-state index in [1.807, 2.05) is 42.5 Å². The molecule has 0 saturated carbocycles. The second-order valence-electron chi connectivity index (χ2n) is 7.14. The number of aromatic amines is 2. The number of nitrogens with one attached hydrogen (secondary N) is 4. The molecular weight excluding hydrogens is 394 g/mol. The molecule has 0 atom stereocenters. The third-order valence-corrected chi connectivity index (χ3v) is 5.28. The third kappa shape index (κ3) is 3.38. The summed E-state index contributed by atoms with van der Waals surface area (Å²) in [7, 11) is 3.24. The maximum atomic E-state index is 12.7. The van der Waals surface area contributed by atoms with Crippen LogP contribution in [-0.4, -0.2) is 35.1 Å². The van der Waals surface area contributed by atoms with Crippen LogP contribution < -0.4 is 20.1 Å². The number of anilines is 2. The van der Waals surface area contributed by atoms with Crippen molar-refractivity contribution in [3.63, 3.8) is 0 Å². The molecule has 4 N–H and O–H groups in total. The Morgan fingerprint density at radius 2 is 1.90 bits per heavy atom. The Labute approximate surface area is 178 Å². The molecule has 0 unspecified atom stereocenters. The van der Waals surface area contributed by atoms with E-state index in [4.69, 9.17) is 14.5 Å². The van der Waals surface area contributed by atoms with Crippen molar-refractivity contribution in [2.75, 3.05) is 24.9 Å². The Kier molecular flexibility index (Phi) is 4.59. The number of carbonyl (C=O) groups is 1. The zero-order valence-corrected chi connectivity index (χ0v) is 17.1. The Hall–Kier alpha value is -4.20. The summed E-state index contributed by atoms with van der Waals surface area (Å²) in [4.78, 5) is 23.8. The van der Waals surface area contributed by atoms with Crippen molar-refractivity contribution in [3.05, 3.63) is 65.5 Å². The number of hydrogen-bond acceptors (Lipinski definition) is 5. The topological polar surface area (TPSA) is 104 Å². The van der Waals surface area contributed by atoms with Gasteiger partial charge in [0.25, 0.3) is 5.91 Å². The van der Waals surface area contributed by atoms with E-state index in [1.54, 1.807) is 26.5 Å². The molecule has 1 amide bonds. The summed E-state index contributed by atoms with van der Waals surface area (Å²) in [5, 5.41) is 6.23. The number of methoxy groups -OCH3 is 2. The number of ether oxygens (including phenoxy) is 2. The minimum absolute atomic E-state index is 0.171. The summed E-state index contributed by atoms with van der Waals surface area (Å²) in [5.41, 5.74) is 5.44. The van der Waals surface area contributed by atoms with Crippen molar-refractivity contribution in [3.8, 4) is 11.5 Å². The number of aromatic nitrogens is 3. The van der Waals surface area contributed by atoms with E-state index in [9.17, 15) is 4.79 Å². The number of H-pyrrole nitrogens is 2. The van der Waals surface area contributed by atoms with E-state index in [0.717, 1.165) is 39.3 Å². The summed E-state index contributed by atoms with van der Waals surface area (Å²) in [6.07, 6.45) is 3.56. The van der Waals surface area contributed by atoms with E-state index < -0.39 is 0 Å². The molecule has 1 aliphatic heterocycles. The summed E-state index contributed by atoms with van der Waals surface area (Å²) in [6, 6.07) is 13.5. The molecule has 31 heavy (non-hydrogen) atoms. The van der Waals surface area contributed by atoms with Gasteiger partial charge in [-0.3, -0.25) is 4.79 Å². The van der Waals surface area contributed by atoms with Crippen LogP contribution in [0.5, 0.6) is 11.5 Å². The first kappa shape index (κ1) is 18.8. The minimum Gasteiger partial charge on any atom is -0.497 e. The molecule has 0 radical (unpaired) electrons. The average molecular weight is 415 g/mol. The second-order valence-corrected chi connectivity index (χ2v) is 7.14. The van der Waals surface area contributed by atoms with Gasteiger partial charge in [0.1, 0.15) is 17.0 Å². The molecular formula is C23H21N5O3. The maximum absolute atomic E-state index is 12.7. The number of rotatable bonds is 6. The number of nitrogens with zero attached hydrogens (tertiary/aromatic N) is 1. The highest BCUT2D eigenvalue weighted by atomic mass is 16.5. The molecule has 8 heteroatoms. The van der Waals surface area contributed by atoms with Gasteiger partial charge in [-0.2, -0.15) is 0 Å². The minimum atomic E-state index is -0.171. The first-order chi connectivity index (χ1) is 15.2. The molecule has 0 aliphatic carbocycles. The molecule has 5 rings (SSSR count). The van der Waals surface area contributed by atoms with Crippen molar-refractivity contribution < 1.29 is 14.3 Å². The summed E-state index contributed by atoms with van der Waals surface area (Å²) < 4.78 is 10.5. The molecule has 0 spiro atoms. The Balaban J connectivity index is 1.48. The first-order valence-electron chi connectivity index (χ1n) is 9.80. The van der Waals surface area contributed by atoms with E-state index in [0.29, 0.717) is 23.8 Å². The highest BCUT2D eigenvalue weighted by Gasteiger charge is 2.28. The smallest absolute Gasteiger partial charge is 0.256 e. The van der Waals surface area contributed by atoms with Crippen LogP contribution >= 0.6 is 0 Å². The van der Waals surface area contributed by atoms with Gasteiger partial charge in [-0.25, -0.2) is 4.98 Å². The lowest BCUT2D eigenvalue weighted by Crippen LogP contribution is -2.03. The van der Waals surface area contributed by atoms with Gasteiger partial charge in [-0.05, 0) is 42.0 Å².